The Morgan fingerprint density at radius 1 is 0.600 bits per heavy atom. The van der Waals surface area contributed by atoms with E-state index in [-0.39, 0.29) is 6.04 Å². The summed E-state index contributed by atoms with van der Waals surface area (Å²) in [6.45, 7) is 6.55. The van der Waals surface area contributed by atoms with Crippen LogP contribution in [-0.4, -0.2) is 21.0 Å². The zero-order valence-electron chi connectivity index (χ0n) is 22.9. The van der Waals surface area contributed by atoms with Gasteiger partial charge in [-0.3, -0.25) is 0 Å². The van der Waals surface area contributed by atoms with Crippen molar-refractivity contribution in [2.45, 2.75) is 32.7 Å². The highest BCUT2D eigenvalue weighted by molar-refractivity contribution is 5.79. The van der Waals surface area contributed by atoms with E-state index in [1.165, 1.54) is 33.6 Å². The van der Waals surface area contributed by atoms with Gasteiger partial charge in [-0.1, -0.05) is 102 Å². The molecule has 1 aliphatic heterocycles. The molecule has 1 aromatic heterocycles. The van der Waals surface area contributed by atoms with Crippen LogP contribution in [0.25, 0.3) is 34.2 Å². The Hall–Kier alpha value is -4.83. The Morgan fingerprint density at radius 2 is 1.20 bits per heavy atom. The zero-order valence-corrected chi connectivity index (χ0v) is 22.9. The molecule has 0 saturated heterocycles. The van der Waals surface area contributed by atoms with Gasteiger partial charge >= 0.3 is 0 Å². The number of hydrogen-bond acceptors (Lipinski definition) is 4. The highest BCUT2D eigenvalue weighted by Crippen LogP contribution is 2.49. The normalized spacial score (nSPS) is 17.4. The summed E-state index contributed by atoms with van der Waals surface area (Å²) in [4.78, 5) is 17.2. The van der Waals surface area contributed by atoms with Crippen molar-refractivity contribution in [3.8, 4) is 34.2 Å². The van der Waals surface area contributed by atoms with Crippen molar-refractivity contribution < 1.29 is 0 Å². The third-order valence-corrected chi connectivity index (χ3v) is 7.88. The summed E-state index contributed by atoms with van der Waals surface area (Å²) < 4.78 is 0. The minimum atomic E-state index is 0.261. The maximum atomic E-state index is 4.93. The molecule has 0 bridgehead atoms. The first-order chi connectivity index (χ1) is 19.5. The zero-order chi connectivity index (χ0) is 27.2. The molecule has 0 fully saturated rings. The van der Waals surface area contributed by atoms with Crippen LogP contribution < -0.4 is 4.90 Å². The fraction of sp³-hybridized carbons (Fsp3) is 0.139. The van der Waals surface area contributed by atoms with E-state index in [0.717, 1.165) is 16.7 Å². The quantitative estimate of drug-likeness (QED) is 0.239. The van der Waals surface area contributed by atoms with Gasteiger partial charge in [0.2, 0.25) is 0 Å². The molecule has 2 atom stereocenters. The van der Waals surface area contributed by atoms with Crippen LogP contribution in [0.3, 0.4) is 0 Å². The first kappa shape index (κ1) is 24.2. The first-order valence-electron chi connectivity index (χ1n) is 13.8. The minimum absolute atomic E-state index is 0.261. The molecule has 4 nitrogen and oxygen atoms in total. The molecule has 0 saturated carbocycles. The van der Waals surface area contributed by atoms with E-state index in [9.17, 15) is 0 Å². The third kappa shape index (κ3) is 4.22. The lowest BCUT2D eigenvalue weighted by Crippen LogP contribution is -2.29. The van der Waals surface area contributed by atoms with Gasteiger partial charge in [0, 0.05) is 34.0 Å². The fourth-order valence-corrected chi connectivity index (χ4v) is 5.94. The van der Waals surface area contributed by atoms with Gasteiger partial charge in [-0.25, -0.2) is 15.0 Å². The number of anilines is 2. The van der Waals surface area contributed by atoms with Crippen molar-refractivity contribution >= 4 is 11.4 Å². The predicted octanol–water partition coefficient (Wildman–Crippen LogP) is 8.61. The van der Waals surface area contributed by atoms with Crippen LogP contribution in [0, 0.1) is 13.8 Å². The van der Waals surface area contributed by atoms with Gasteiger partial charge in [0.05, 0.1) is 6.04 Å². The fourth-order valence-electron chi connectivity index (χ4n) is 5.94. The predicted molar refractivity (Wildman–Crippen MR) is 164 cm³/mol. The van der Waals surface area contributed by atoms with Crippen molar-refractivity contribution in [1.82, 2.24) is 15.0 Å². The van der Waals surface area contributed by atoms with Crippen molar-refractivity contribution in [1.29, 1.82) is 0 Å². The third-order valence-electron chi connectivity index (χ3n) is 7.88. The molecule has 0 amide bonds. The Kier molecular flexibility index (Phi) is 5.89. The summed E-state index contributed by atoms with van der Waals surface area (Å²) in [5.41, 5.74) is 10.6. The lowest BCUT2D eigenvalue weighted by Gasteiger charge is -2.30. The highest BCUT2D eigenvalue weighted by Gasteiger charge is 2.38. The van der Waals surface area contributed by atoms with E-state index in [1.807, 2.05) is 60.7 Å². The maximum absolute atomic E-state index is 4.93. The molecule has 4 aromatic carbocycles. The van der Waals surface area contributed by atoms with Crippen molar-refractivity contribution in [3.63, 3.8) is 0 Å². The Balaban J connectivity index is 1.33. The summed E-state index contributed by atoms with van der Waals surface area (Å²) in [6.07, 6.45) is 7.01. The average molecular weight is 519 g/mol. The van der Waals surface area contributed by atoms with Gasteiger partial charge in [-0.05, 0) is 56.2 Å². The van der Waals surface area contributed by atoms with E-state index in [1.54, 1.807) is 0 Å². The van der Waals surface area contributed by atoms with Crippen molar-refractivity contribution in [2.24, 2.45) is 0 Å². The van der Waals surface area contributed by atoms with Crippen molar-refractivity contribution in [3.05, 3.63) is 138 Å². The Morgan fingerprint density at radius 3 is 1.82 bits per heavy atom. The van der Waals surface area contributed by atoms with Crippen LogP contribution in [0.15, 0.2) is 121 Å². The maximum Gasteiger partial charge on any atom is 0.164 e. The lowest BCUT2D eigenvalue weighted by molar-refractivity contribution is 0.737. The molecule has 0 N–H and O–H groups in total. The minimum Gasteiger partial charge on any atom is -0.333 e. The lowest BCUT2D eigenvalue weighted by atomic mass is 9.88. The molecule has 40 heavy (non-hydrogen) atoms. The SMILES string of the molecule is CC1=CC2c3cc(C)ccc3N(c3ccc(-c4nc(-c5ccccc5)nc(-c5ccccc5)n4)cc3C)C2C=C1. The van der Waals surface area contributed by atoms with Gasteiger partial charge in [0.15, 0.2) is 17.5 Å². The number of hydrogen-bond donors (Lipinski definition) is 0. The van der Waals surface area contributed by atoms with E-state index >= 15 is 0 Å². The molecule has 5 aromatic rings. The number of nitrogens with zero attached hydrogens (tertiary/aromatic N) is 4. The number of aromatic nitrogens is 3. The molecule has 1 aliphatic carbocycles. The molecule has 7 rings (SSSR count). The number of benzene rings is 4. The average Bonchev–Trinajstić information content (AvgIpc) is 3.30. The standard InChI is InChI=1S/C36H30N4/c1-23-14-17-32-29(20-23)30-21-24(2)15-18-33(30)40(32)31-19-16-28(22-25(31)3)36-38-34(26-10-6-4-7-11-26)37-35(39-36)27-12-8-5-9-13-27/h4-22,29,32H,1-3H3. The Labute approximate surface area is 235 Å². The largest absolute Gasteiger partial charge is 0.333 e. The molecule has 0 radical (unpaired) electrons. The molecular weight excluding hydrogens is 488 g/mol. The molecule has 2 unspecified atom stereocenters. The second kappa shape index (κ2) is 9.73. The smallest absolute Gasteiger partial charge is 0.164 e. The van der Waals surface area contributed by atoms with E-state index in [2.05, 4.69) is 80.3 Å². The van der Waals surface area contributed by atoms with Crippen LogP contribution >= 0.6 is 0 Å². The number of fused-ring (bicyclic) bond motifs is 3. The van der Waals surface area contributed by atoms with Crippen molar-refractivity contribution in [2.75, 3.05) is 4.90 Å². The summed E-state index contributed by atoms with van der Waals surface area (Å²) in [7, 11) is 0. The summed E-state index contributed by atoms with van der Waals surface area (Å²) in [5, 5.41) is 0. The van der Waals surface area contributed by atoms with Gasteiger partial charge in [0.25, 0.3) is 0 Å². The Bertz CT molecular complexity index is 1730. The second-order valence-electron chi connectivity index (χ2n) is 10.8. The van der Waals surface area contributed by atoms with E-state index in [4.69, 9.17) is 15.0 Å². The number of rotatable bonds is 4. The van der Waals surface area contributed by atoms with Crippen LogP contribution in [0.1, 0.15) is 29.5 Å². The van der Waals surface area contributed by atoms with Crippen LogP contribution in [0.5, 0.6) is 0 Å². The van der Waals surface area contributed by atoms with E-state index in [0.29, 0.717) is 23.4 Å². The number of allylic oxidation sites excluding steroid dienone is 2. The topological polar surface area (TPSA) is 41.9 Å². The monoisotopic (exact) mass is 518 g/mol. The molecule has 0 spiro atoms. The molecule has 4 heteroatoms. The number of aryl methyl sites for hydroxylation is 2. The van der Waals surface area contributed by atoms with Gasteiger partial charge < -0.3 is 4.90 Å². The first-order valence-corrected chi connectivity index (χ1v) is 13.8. The van der Waals surface area contributed by atoms with Crippen LogP contribution in [0.2, 0.25) is 0 Å². The summed E-state index contributed by atoms with van der Waals surface area (Å²) in [5.74, 6) is 2.37. The molecule has 2 heterocycles. The molecule has 194 valence electrons. The molecular formula is C36H30N4. The highest BCUT2D eigenvalue weighted by atomic mass is 15.2. The second-order valence-corrected chi connectivity index (χ2v) is 10.8. The van der Waals surface area contributed by atoms with E-state index < -0.39 is 0 Å². The van der Waals surface area contributed by atoms with Gasteiger partial charge in [0.1, 0.15) is 0 Å². The van der Waals surface area contributed by atoms with Crippen LogP contribution in [-0.2, 0) is 0 Å². The van der Waals surface area contributed by atoms with Gasteiger partial charge in [-0.2, -0.15) is 0 Å². The van der Waals surface area contributed by atoms with Gasteiger partial charge in [-0.15, -0.1) is 0 Å². The molecule has 2 aliphatic rings. The summed E-state index contributed by atoms with van der Waals surface area (Å²) in [6, 6.07) is 33.9. The van der Waals surface area contributed by atoms with Crippen LogP contribution in [0.4, 0.5) is 11.4 Å². The summed E-state index contributed by atoms with van der Waals surface area (Å²) >= 11 is 0.